The van der Waals surface area contributed by atoms with Crippen LogP contribution in [-0.4, -0.2) is 61.6 Å². The highest BCUT2D eigenvalue weighted by atomic mass is 16.5. The summed E-state index contributed by atoms with van der Waals surface area (Å²) in [6, 6.07) is 26.4. The average Bonchev–Trinajstić information content (AvgIpc) is 2.97. The molecule has 0 spiro atoms. The van der Waals surface area contributed by atoms with E-state index in [-0.39, 0.29) is 17.9 Å². The van der Waals surface area contributed by atoms with Crippen molar-refractivity contribution in [2.75, 3.05) is 39.8 Å². The summed E-state index contributed by atoms with van der Waals surface area (Å²) in [6.45, 7) is 10.1. The molecule has 1 atom stereocenters. The van der Waals surface area contributed by atoms with Gasteiger partial charge in [-0.05, 0) is 74.3 Å². The summed E-state index contributed by atoms with van der Waals surface area (Å²) in [5.41, 5.74) is 2.32. The Morgan fingerprint density at radius 3 is 2.33 bits per heavy atom. The maximum absolute atomic E-state index is 13.4. The lowest BCUT2D eigenvalue weighted by Gasteiger charge is -2.33. The first-order valence-electron chi connectivity index (χ1n) is 14.3. The van der Waals surface area contributed by atoms with Crippen LogP contribution in [0.2, 0.25) is 0 Å². The minimum atomic E-state index is -0.115. The molecule has 1 unspecified atom stereocenters. The Morgan fingerprint density at radius 2 is 1.64 bits per heavy atom. The molecule has 1 fully saturated rings. The van der Waals surface area contributed by atoms with Crippen molar-refractivity contribution in [1.29, 1.82) is 0 Å². The predicted octanol–water partition coefficient (Wildman–Crippen LogP) is 6.08. The second-order valence-corrected chi connectivity index (χ2v) is 10.2. The molecule has 0 aromatic heterocycles. The molecule has 1 heterocycles. The standard InChI is InChI=1S/C33H43N3O3/c1-4-35(5-2)23-20-30(27-13-7-6-8-14-27)33(37)34-28-18-21-36(22-19-28)25-26-12-11-15-29(24-26)39-32-17-10-9-16-31(32)38-3/h6-17,24,28,30H,4-5,18-23,25H2,1-3H3,(H,34,37). The van der Waals surface area contributed by atoms with Crippen LogP contribution < -0.4 is 14.8 Å². The Bertz CT molecular complexity index is 1160. The van der Waals surface area contributed by atoms with Crippen molar-refractivity contribution < 1.29 is 14.3 Å². The summed E-state index contributed by atoms with van der Waals surface area (Å²) in [4.78, 5) is 18.3. The molecule has 0 radical (unpaired) electrons. The van der Waals surface area contributed by atoms with Crippen LogP contribution in [0.3, 0.4) is 0 Å². The quantitative estimate of drug-likeness (QED) is 0.291. The molecule has 1 aliphatic heterocycles. The zero-order valence-electron chi connectivity index (χ0n) is 23.6. The van der Waals surface area contributed by atoms with Gasteiger partial charge in [0.25, 0.3) is 0 Å². The number of para-hydroxylation sites is 2. The van der Waals surface area contributed by atoms with E-state index in [4.69, 9.17) is 9.47 Å². The molecule has 3 aromatic rings. The molecule has 0 saturated carbocycles. The number of benzene rings is 3. The highest BCUT2D eigenvalue weighted by Gasteiger charge is 2.26. The molecule has 1 amide bonds. The fourth-order valence-electron chi connectivity index (χ4n) is 5.32. The number of hydrogen-bond acceptors (Lipinski definition) is 5. The summed E-state index contributed by atoms with van der Waals surface area (Å²) in [6.07, 6.45) is 2.75. The molecule has 1 N–H and O–H groups in total. The van der Waals surface area contributed by atoms with Gasteiger partial charge in [-0.1, -0.05) is 68.4 Å². The minimum absolute atomic E-state index is 0.115. The van der Waals surface area contributed by atoms with Gasteiger partial charge in [0.05, 0.1) is 13.0 Å². The molecule has 6 nitrogen and oxygen atoms in total. The Balaban J connectivity index is 1.30. The first-order valence-corrected chi connectivity index (χ1v) is 14.3. The van der Waals surface area contributed by atoms with Crippen molar-refractivity contribution in [1.82, 2.24) is 15.1 Å². The Kier molecular flexibility index (Phi) is 10.8. The van der Waals surface area contributed by atoms with Crippen molar-refractivity contribution in [3.63, 3.8) is 0 Å². The number of methoxy groups -OCH3 is 1. The Labute approximate surface area is 233 Å². The number of ether oxygens (including phenoxy) is 2. The van der Waals surface area contributed by atoms with E-state index in [1.807, 2.05) is 54.6 Å². The Morgan fingerprint density at radius 1 is 0.949 bits per heavy atom. The minimum Gasteiger partial charge on any atom is -0.493 e. The van der Waals surface area contributed by atoms with Gasteiger partial charge in [0, 0.05) is 25.7 Å². The molecule has 39 heavy (non-hydrogen) atoms. The fourth-order valence-corrected chi connectivity index (χ4v) is 5.32. The highest BCUT2D eigenvalue weighted by molar-refractivity contribution is 5.83. The van der Waals surface area contributed by atoms with Gasteiger partial charge in [0.2, 0.25) is 5.91 Å². The number of carbonyl (C=O) groups excluding carboxylic acids is 1. The predicted molar refractivity (Wildman–Crippen MR) is 158 cm³/mol. The van der Waals surface area contributed by atoms with Crippen LogP contribution >= 0.6 is 0 Å². The molecule has 0 bridgehead atoms. The first kappa shape index (κ1) is 28.7. The maximum Gasteiger partial charge on any atom is 0.227 e. The summed E-state index contributed by atoms with van der Waals surface area (Å²) in [7, 11) is 1.65. The lowest BCUT2D eigenvalue weighted by molar-refractivity contribution is -0.123. The summed E-state index contributed by atoms with van der Waals surface area (Å²) in [5, 5.41) is 3.39. The summed E-state index contributed by atoms with van der Waals surface area (Å²) < 4.78 is 11.5. The van der Waals surface area contributed by atoms with Crippen LogP contribution in [0.15, 0.2) is 78.9 Å². The van der Waals surface area contributed by atoms with Crippen LogP contribution in [0.5, 0.6) is 17.2 Å². The van der Waals surface area contributed by atoms with E-state index < -0.39 is 0 Å². The number of piperidine rings is 1. The van der Waals surface area contributed by atoms with Crippen LogP contribution in [0.4, 0.5) is 0 Å². The number of nitrogens with one attached hydrogen (secondary N) is 1. The second kappa shape index (κ2) is 14.7. The lowest BCUT2D eigenvalue weighted by atomic mass is 9.93. The monoisotopic (exact) mass is 529 g/mol. The number of amides is 1. The van der Waals surface area contributed by atoms with E-state index in [1.165, 1.54) is 5.56 Å². The molecule has 3 aromatic carbocycles. The van der Waals surface area contributed by atoms with Crippen molar-refractivity contribution in [3.05, 3.63) is 90.0 Å². The van der Waals surface area contributed by atoms with Crippen LogP contribution in [0.25, 0.3) is 0 Å². The number of carbonyl (C=O) groups is 1. The second-order valence-electron chi connectivity index (χ2n) is 10.2. The topological polar surface area (TPSA) is 54.0 Å². The van der Waals surface area contributed by atoms with E-state index in [0.717, 1.165) is 75.6 Å². The number of hydrogen-bond donors (Lipinski definition) is 1. The van der Waals surface area contributed by atoms with E-state index in [9.17, 15) is 4.79 Å². The van der Waals surface area contributed by atoms with Gasteiger partial charge >= 0.3 is 0 Å². The van der Waals surface area contributed by atoms with Crippen molar-refractivity contribution in [3.8, 4) is 17.2 Å². The van der Waals surface area contributed by atoms with Crippen molar-refractivity contribution >= 4 is 5.91 Å². The summed E-state index contributed by atoms with van der Waals surface area (Å²) in [5.74, 6) is 2.27. The SMILES string of the molecule is CCN(CC)CCC(C(=O)NC1CCN(Cc2cccc(Oc3ccccc3OC)c2)CC1)c1ccccc1. The smallest absolute Gasteiger partial charge is 0.227 e. The Hall–Kier alpha value is -3.35. The normalized spacial score (nSPS) is 15.2. The lowest BCUT2D eigenvalue weighted by Crippen LogP contribution is -2.46. The molecule has 4 rings (SSSR count). The summed E-state index contributed by atoms with van der Waals surface area (Å²) >= 11 is 0. The molecular weight excluding hydrogens is 486 g/mol. The van der Waals surface area contributed by atoms with Crippen LogP contribution in [0.1, 0.15) is 50.2 Å². The molecule has 0 aliphatic carbocycles. The van der Waals surface area contributed by atoms with E-state index in [0.29, 0.717) is 5.75 Å². The molecule has 1 saturated heterocycles. The number of nitrogens with zero attached hydrogens (tertiary/aromatic N) is 2. The van der Waals surface area contributed by atoms with Gasteiger partial charge in [-0.15, -0.1) is 0 Å². The maximum atomic E-state index is 13.4. The highest BCUT2D eigenvalue weighted by Crippen LogP contribution is 2.31. The van der Waals surface area contributed by atoms with Crippen molar-refractivity contribution in [2.45, 2.75) is 51.6 Å². The van der Waals surface area contributed by atoms with E-state index >= 15 is 0 Å². The third-order valence-corrected chi connectivity index (χ3v) is 7.68. The van der Waals surface area contributed by atoms with Gasteiger partial charge in [0.15, 0.2) is 11.5 Å². The molecule has 1 aliphatic rings. The molecule has 6 heteroatoms. The van der Waals surface area contributed by atoms with Crippen LogP contribution in [-0.2, 0) is 11.3 Å². The largest absolute Gasteiger partial charge is 0.493 e. The zero-order valence-corrected chi connectivity index (χ0v) is 23.6. The third-order valence-electron chi connectivity index (χ3n) is 7.68. The zero-order chi connectivity index (χ0) is 27.5. The van der Waals surface area contributed by atoms with Gasteiger partial charge in [0.1, 0.15) is 5.75 Å². The van der Waals surface area contributed by atoms with E-state index in [2.05, 4.69) is 53.2 Å². The number of rotatable bonds is 13. The third kappa shape index (κ3) is 8.32. The van der Waals surface area contributed by atoms with Gasteiger partial charge < -0.3 is 19.7 Å². The molecule has 208 valence electrons. The van der Waals surface area contributed by atoms with Crippen molar-refractivity contribution in [2.24, 2.45) is 0 Å². The fraction of sp³-hybridized carbons (Fsp3) is 0.424. The van der Waals surface area contributed by atoms with Gasteiger partial charge in [-0.3, -0.25) is 9.69 Å². The number of likely N-dealkylation sites (tertiary alicyclic amines) is 1. The van der Waals surface area contributed by atoms with Gasteiger partial charge in [-0.25, -0.2) is 0 Å². The average molecular weight is 530 g/mol. The van der Waals surface area contributed by atoms with E-state index in [1.54, 1.807) is 7.11 Å². The van der Waals surface area contributed by atoms with Gasteiger partial charge in [-0.2, -0.15) is 0 Å². The molecular formula is C33H43N3O3. The first-order chi connectivity index (χ1) is 19.1. The van der Waals surface area contributed by atoms with Crippen LogP contribution in [0, 0.1) is 0 Å².